The van der Waals surface area contributed by atoms with Crippen LogP contribution in [0.5, 0.6) is 11.5 Å². The average molecular weight is 503 g/mol. The summed E-state index contributed by atoms with van der Waals surface area (Å²) in [5.41, 5.74) is 3.27. The van der Waals surface area contributed by atoms with Gasteiger partial charge < -0.3 is 28.8 Å². The number of aliphatic hydroxyl groups is 1. The smallest absolute Gasteiger partial charge is 0.309 e. The maximum Gasteiger partial charge on any atom is 0.309 e. The van der Waals surface area contributed by atoms with Crippen molar-refractivity contribution in [2.75, 3.05) is 40.6 Å². The molecule has 0 amide bonds. The molecule has 2 aromatic carbocycles. The number of cyclic esters (lactones) is 1. The summed E-state index contributed by atoms with van der Waals surface area (Å²) in [5, 5.41) is 10.0. The highest BCUT2D eigenvalue weighted by Gasteiger charge is 2.27. The number of carbonyl (C=O) groups excluding carboxylic acids is 1. The van der Waals surface area contributed by atoms with Crippen molar-refractivity contribution in [3.05, 3.63) is 53.4 Å². The Kier molecular flexibility index (Phi) is 10.3. The fourth-order valence-electron chi connectivity index (χ4n) is 4.08. The van der Waals surface area contributed by atoms with E-state index in [9.17, 15) is 14.3 Å². The van der Waals surface area contributed by atoms with Gasteiger partial charge in [0.05, 0.1) is 25.7 Å². The lowest BCUT2D eigenvalue weighted by atomic mass is 9.88. The number of halogens is 1. The number of aliphatic hydroxyl groups excluding tert-OH is 1. The molecule has 2 aromatic rings. The predicted molar refractivity (Wildman–Crippen MR) is 135 cm³/mol. The quantitative estimate of drug-likeness (QED) is 0.331. The van der Waals surface area contributed by atoms with E-state index in [-0.39, 0.29) is 24.8 Å². The first-order valence-corrected chi connectivity index (χ1v) is 12.1. The summed E-state index contributed by atoms with van der Waals surface area (Å²) < 4.78 is 41.8. The minimum atomic E-state index is -0.744. The maximum absolute atomic E-state index is 13.8. The number of hydrogen-bond donors (Lipinski definition) is 1. The zero-order chi connectivity index (χ0) is 26.1. The zero-order valence-electron chi connectivity index (χ0n) is 21.3. The highest BCUT2D eigenvalue weighted by Crippen LogP contribution is 2.45. The first-order chi connectivity index (χ1) is 17.3. The minimum Gasteiger partial charge on any atom is -0.487 e. The summed E-state index contributed by atoms with van der Waals surface area (Å²) in [6.07, 6.45) is 2.67. The monoisotopic (exact) mass is 502 g/mol. The Bertz CT molecular complexity index is 1030. The number of methoxy groups -OCH3 is 2. The van der Waals surface area contributed by atoms with Crippen LogP contribution in [0.25, 0.3) is 17.2 Å². The molecule has 196 valence electrons. The molecular weight excluding hydrogens is 467 g/mol. The van der Waals surface area contributed by atoms with Crippen LogP contribution in [0, 0.1) is 5.82 Å². The normalized spacial score (nSPS) is 18.0. The standard InChI is InChI=1S/C28H35FO7/c1-18(2)24-17-25(34-13-11-32-3)28(35-14-12-33-4)27(19-5-7-20(29)8-6-19)23(24)10-9-22-15-21(30)16-26(31)36-22/h5-10,17-18,21-22,30H,11-16H2,1-4H3/b10-9+/t21-,22-/m0/s1. The van der Waals surface area contributed by atoms with Crippen LogP contribution in [0.4, 0.5) is 4.39 Å². The average Bonchev–Trinajstić information content (AvgIpc) is 2.83. The highest BCUT2D eigenvalue weighted by atomic mass is 19.1. The molecule has 0 saturated carbocycles. The molecule has 7 nitrogen and oxygen atoms in total. The molecule has 0 bridgehead atoms. The van der Waals surface area contributed by atoms with Crippen molar-refractivity contribution < 1.29 is 38.0 Å². The van der Waals surface area contributed by atoms with Crippen molar-refractivity contribution in [2.45, 2.75) is 44.8 Å². The number of carbonyl (C=O) groups is 1. The SMILES string of the molecule is COCCOc1cc(C(C)C)c(/C=C/[C@H]2C[C@H](O)CC(=O)O2)c(-c2ccc(F)cc2)c1OCCOC. The summed E-state index contributed by atoms with van der Waals surface area (Å²) >= 11 is 0. The fourth-order valence-corrected chi connectivity index (χ4v) is 4.08. The van der Waals surface area contributed by atoms with Crippen molar-refractivity contribution in [1.82, 2.24) is 0 Å². The Hall–Kier alpha value is -2.94. The molecule has 0 aliphatic carbocycles. The molecule has 1 aliphatic rings. The van der Waals surface area contributed by atoms with E-state index in [1.165, 1.54) is 12.1 Å². The number of rotatable bonds is 12. The van der Waals surface area contributed by atoms with Crippen LogP contribution in [-0.2, 0) is 19.0 Å². The van der Waals surface area contributed by atoms with Gasteiger partial charge in [-0.1, -0.05) is 32.1 Å². The predicted octanol–water partition coefficient (Wildman–Crippen LogP) is 4.75. The van der Waals surface area contributed by atoms with Gasteiger partial charge in [-0.25, -0.2) is 4.39 Å². The van der Waals surface area contributed by atoms with Crippen LogP contribution >= 0.6 is 0 Å². The van der Waals surface area contributed by atoms with Crippen LogP contribution in [0.3, 0.4) is 0 Å². The molecule has 3 rings (SSSR count). The maximum atomic E-state index is 13.8. The zero-order valence-corrected chi connectivity index (χ0v) is 21.3. The third-order valence-electron chi connectivity index (χ3n) is 5.82. The van der Waals surface area contributed by atoms with Crippen molar-refractivity contribution in [1.29, 1.82) is 0 Å². The second-order valence-electron chi connectivity index (χ2n) is 8.91. The van der Waals surface area contributed by atoms with E-state index in [2.05, 4.69) is 13.8 Å². The third kappa shape index (κ3) is 7.29. The number of hydrogen-bond acceptors (Lipinski definition) is 7. The Morgan fingerprint density at radius 1 is 1.08 bits per heavy atom. The second kappa shape index (κ2) is 13.4. The fraction of sp³-hybridized carbons (Fsp3) is 0.464. The van der Waals surface area contributed by atoms with E-state index in [1.807, 2.05) is 12.1 Å². The highest BCUT2D eigenvalue weighted by molar-refractivity contribution is 5.85. The van der Waals surface area contributed by atoms with Crippen LogP contribution in [0.2, 0.25) is 0 Å². The molecule has 36 heavy (non-hydrogen) atoms. The lowest BCUT2D eigenvalue weighted by Gasteiger charge is -2.25. The van der Waals surface area contributed by atoms with Gasteiger partial charge in [0.2, 0.25) is 0 Å². The van der Waals surface area contributed by atoms with Gasteiger partial charge >= 0.3 is 5.97 Å². The van der Waals surface area contributed by atoms with E-state index in [0.29, 0.717) is 37.7 Å². The Balaban J connectivity index is 2.19. The van der Waals surface area contributed by atoms with E-state index in [4.69, 9.17) is 23.7 Å². The topological polar surface area (TPSA) is 83.5 Å². The number of benzene rings is 2. The molecule has 0 radical (unpaired) electrons. The van der Waals surface area contributed by atoms with Gasteiger partial charge in [-0.05, 0) is 46.9 Å². The molecule has 1 aliphatic heterocycles. The van der Waals surface area contributed by atoms with Crippen molar-refractivity contribution in [2.24, 2.45) is 0 Å². The largest absolute Gasteiger partial charge is 0.487 e. The van der Waals surface area contributed by atoms with E-state index < -0.39 is 18.2 Å². The lowest BCUT2D eigenvalue weighted by Crippen LogP contribution is -2.31. The Morgan fingerprint density at radius 3 is 2.36 bits per heavy atom. The van der Waals surface area contributed by atoms with Gasteiger partial charge in [0, 0.05) is 26.2 Å². The van der Waals surface area contributed by atoms with Crippen LogP contribution < -0.4 is 9.47 Å². The molecular formula is C28H35FO7. The van der Waals surface area contributed by atoms with Crippen LogP contribution in [0.1, 0.15) is 43.7 Å². The summed E-state index contributed by atoms with van der Waals surface area (Å²) in [5.74, 6) is 0.359. The first kappa shape index (κ1) is 27.6. The molecule has 8 heteroatoms. The molecule has 0 spiro atoms. The third-order valence-corrected chi connectivity index (χ3v) is 5.82. The van der Waals surface area contributed by atoms with E-state index in [1.54, 1.807) is 32.4 Å². The van der Waals surface area contributed by atoms with Gasteiger partial charge in [-0.2, -0.15) is 0 Å². The van der Waals surface area contributed by atoms with Gasteiger partial charge in [0.15, 0.2) is 11.5 Å². The summed E-state index contributed by atoms with van der Waals surface area (Å²) in [7, 11) is 3.20. The van der Waals surface area contributed by atoms with Crippen LogP contribution in [-0.4, -0.2) is 63.9 Å². The number of esters is 1. The van der Waals surface area contributed by atoms with Gasteiger partial charge in [-0.15, -0.1) is 0 Å². The van der Waals surface area contributed by atoms with Crippen LogP contribution in [0.15, 0.2) is 36.4 Å². The van der Waals surface area contributed by atoms with Gasteiger partial charge in [0.1, 0.15) is 25.1 Å². The van der Waals surface area contributed by atoms with E-state index >= 15 is 0 Å². The van der Waals surface area contributed by atoms with Gasteiger partial charge in [0.25, 0.3) is 0 Å². The molecule has 1 N–H and O–H groups in total. The summed E-state index contributed by atoms with van der Waals surface area (Å²) in [6, 6.07) is 8.12. The summed E-state index contributed by atoms with van der Waals surface area (Å²) in [4.78, 5) is 11.9. The van der Waals surface area contributed by atoms with Crippen molar-refractivity contribution in [3.63, 3.8) is 0 Å². The number of ether oxygens (including phenoxy) is 5. The van der Waals surface area contributed by atoms with E-state index in [0.717, 1.165) is 22.3 Å². The Labute approximate surface area is 211 Å². The first-order valence-electron chi connectivity index (χ1n) is 12.1. The van der Waals surface area contributed by atoms with Crippen molar-refractivity contribution in [3.8, 4) is 22.6 Å². The molecule has 1 heterocycles. The molecule has 0 aromatic heterocycles. The molecule has 2 atom stereocenters. The second-order valence-corrected chi connectivity index (χ2v) is 8.91. The molecule has 0 unspecified atom stereocenters. The molecule has 1 saturated heterocycles. The van der Waals surface area contributed by atoms with Gasteiger partial charge in [-0.3, -0.25) is 4.79 Å². The lowest BCUT2D eigenvalue weighted by molar-refractivity contribution is -0.156. The Morgan fingerprint density at radius 2 is 1.75 bits per heavy atom. The molecule has 1 fully saturated rings. The minimum absolute atomic E-state index is 0.00654. The summed E-state index contributed by atoms with van der Waals surface area (Å²) in [6.45, 7) is 5.50. The van der Waals surface area contributed by atoms with Crippen molar-refractivity contribution >= 4 is 12.0 Å².